The van der Waals surface area contributed by atoms with Crippen molar-refractivity contribution in [2.45, 2.75) is 31.3 Å². The predicted molar refractivity (Wildman–Crippen MR) is 63.3 cm³/mol. The maximum absolute atomic E-state index is 11.2. The number of hydrogen-bond acceptors (Lipinski definition) is 5. The summed E-state index contributed by atoms with van der Waals surface area (Å²) in [5.41, 5.74) is 1.22. The zero-order valence-corrected chi connectivity index (χ0v) is 10.3. The molecule has 0 spiro atoms. The summed E-state index contributed by atoms with van der Waals surface area (Å²) in [4.78, 5) is 13.8. The second-order valence-electron chi connectivity index (χ2n) is 4.37. The quantitative estimate of drug-likeness (QED) is 0.676. The minimum Gasteiger partial charge on any atom is -0.394 e. The van der Waals surface area contributed by atoms with Crippen LogP contribution in [0.1, 0.15) is 17.4 Å². The van der Waals surface area contributed by atoms with Gasteiger partial charge in [-0.25, -0.2) is 0 Å². The van der Waals surface area contributed by atoms with Gasteiger partial charge in [-0.05, 0) is 13.0 Å². The number of aryl methyl sites for hydroxylation is 1. The number of methoxy groups -OCH3 is 1. The van der Waals surface area contributed by atoms with Crippen LogP contribution in [0.3, 0.4) is 0 Å². The number of aliphatic hydroxyl groups excluding tert-OH is 2. The van der Waals surface area contributed by atoms with Crippen LogP contribution < -0.4 is 5.56 Å². The van der Waals surface area contributed by atoms with Crippen molar-refractivity contribution in [2.75, 3.05) is 13.7 Å². The Hall–Kier alpha value is -1.21. The van der Waals surface area contributed by atoms with Crippen LogP contribution in [-0.4, -0.2) is 47.2 Å². The molecule has 2 unspecified atom stereocenters. The Balaban J connectivity index is 2.34. The first-order valence-corrected chi connectivity index (χ1v) is 5.75. The van der Waals surface area contributed by atoms with Gasteiger partial charge in [0.1, 0.15) is 24.4 Å². The van der Waals surface area contributed by atoms with Gasteiger partial charge in [-0.3, -0.25) is 4.79 Å². The molecule has 3 N–H and O–H groups in total. The third-order valence-corrected chi connectivity index (χ3v) is 3.25. The second-order valence-corrected chi connectivity index (χ2v) is 4.37. The van der Waals surface area contributed by atoms with Crippen molar-refractivity contribution in [1.29, 1.82) is 0 Å². The van der Waals surface area contributed by atoms with E-state index in [4.69, 9.17) is 14.6 Å². The van der Waals surface area contributed by atoms with Gasteiger partial charge in [0.05, 0.1) is 6.61 Å². The van der Waals surface area contributed by atoms with Gasteiger partial charge < -0.3 is 24.7 Å². The fourth-order valence-electron chi connectivity index (χ4n) is 2.30. The average molecular weight is 255 g/mol. The molecule has 0 aromatic carbocycles. The highest BCUT2D eigenvalue weighted by molar-refractivity contribution is 5.24. The number of aromatic amines is 1. The zero-order valence-electron chi connectivity index (χ0n) is 10.3. The van der Waals surface area contributed by atoms with Gasteiger partial charge in [-0.1, -0.05) is 0 Å². The smallest absolute Gasteiger partial charge is 0.248 e. The maximum atomic E-state index is 11.2. The second kappa shape index (κ2) is 5.19. The number of aromatic nitrogens is 1. The van der Waals surface area contributed by atoms with Crippen molar-refractivity contribution in [1.82, 2.24) is 4.98 Å². The molecule has 18 heavy (non-hydrogen) atoms. The average Bonchev–Trinajstić information content (AvgIpc) is 2.65. The molecular formula is C12H17NO5. The number of ether oxygens (including phenoxy) is 2. The summed E-state index contributed by atoms with van der Waals surface area (Å²) in [6, 6.07) is 3.05. The normalized spacial score (nSPS) is 31.8. The molecule has 100 valence electrons. The van der Waals surface area contributed by atoms with E-state index in [9.17, 15) is 9.90 Å². The Morgan fingerprint density at radius 1 is 1.50 bits per heavy atom. The summed E-state index contributed by atoms with van der Waals surface area (Å²) < 4.78 is 10.8. The number of pyridine rings is 1. The van der Waals surface area contributed by atoms with Crippen LogP contribution in [0.2, 0.25) is 0 Å². The molecule has 2 rings (SSSR count). The summed E-state index contributed by atoms with van der Waals surface area (Å²) >= 11 is 0. The molecule has 6 nitrogen and oxygen atoms in total. The van der Waals surface area contributed by atoms with Crippen LogP contribution in [0, 0.1) is 6.92 Å². The van der Waals surface area contributed by atoms with Gasteiger partial charge in [0, 0.05) is 24.4 Å². The van der Waals surface area contributed by atoms with E-state index in [0.29, 0.717) is 5.69 Å². The van der Waals surface area contributed by atoms with Crippen LogP contribution in [0.5, 0.6) is 0 Å². The van der Waals surface area contributed by atoms with Gasteiger partial charge in [0.25, 0.3) is 0 Å². The molecule has 1 aliphatic heterocycles. The Bertz CT molecular complexity index is 472. The van der Waals surface area contributed by atoms with Crippen molar-refractivity contribution in [3.05, 3.63) is 33.7 Å². The lowest BCUT2D eigenvalue weighted by atomic mass is 10.0. The molecule has 0 amide bonds. The minimum atomic E-state index is -0.892. The number of rotatable bonds is 3. The molecule has 1 aliphatic rings. The first-order chi connectivity index (χ1) is 8.58. The molecule has 4 atom stereocenters. The third-order valence-electron chi connectivity index (χ3n) is 3.25. The zero-order chi connectivity index (χ0) is 13.3. The molecule has 0 bridgehead atoms. The van der Waals surface area contributed by atoms with Crippen LogP contribution in [0.4, 0.5) is 0 Å². The topological polar surface area (TPSA) is 91.8 Å². The molecule has 2 heterocycles. The van der Waals surface area contributed by atoms with Gasteiger partial charge in [-0.15, -0.1) is 0 Å². The molecule has 0 saturated carbocycles. The van der Waals surface area contributed by atoms with Gasteiger partial charge in [0.2, 0.25) is 5.56 Å². The van der Waals surface area contributed by atoms with E-state index in [1.54, 1.807) is 13.0 Å². The maximum Gasteiger partial charge on any atom is 0.248 e. The Labute approximate surface area is 104 Å². The number of nitrogens with one attached hydrogen (secondary N) is 1. The van der Waals surface area contributed by atoms with E-state index < -0.39 is 24.4 Å². The highest BCUT2D eigenvalue weighted by atomic mass is 16.6. The largest absolute Gasteiger partial charge is 0.394 e. The first kappa shape index (κ1) is 13.2. The van der Waals surface area contributed by atoms with E-state index in [-0.39, 0.29) is 12.2 Å². The first-order valence-electron chi connectivity index (χ1n) is 5.75. The lowest BCUT2D eigenvalue weighted by Gasteiger charge is -2.20. The molecule has 1 aromatic heterocycles. The lowest BCUT2D eigenvalue weighted by Crippen LogP contribution is -2.34. The van der Waals surface area contributed by atoms with E-state index in [2.05, 4.69) is 4.98 Å². The minimum absolute atomic E-state index is 0.192. The Morgan fingerprint density at radius 2 is 2.22 bits per heavy atom. The van der Waals surface area contributed by atoms with Crippen LogP contribution in [-0.2, 0) is 9.47 Å². The van der Waals surface area contributed by atoms with Crippen LogP contribution in [0.25, 0.3) is 0 Å². The van der Waals surface area contributed by atoms with Crippen molar-refractivity contribution in [3.63, 3.8) is 0 Å². The van der Waals surface area contributed by atoms with Crippen molar-refractivity contribution in [2.24, 2.45) is 0 Å². The monoisotopic (exact) mass is 255 g/mol. The standard InChI is InChI=1S/C12H17NO5/c1-6-7(3-4-9(15)13-6)11-12(17-2)10(16)8(5-14)18-11/h3-4,8,10-12,14,16H,5H2,1-2H3,(H,13,15)/t8-,10?,11+,12?/m1/s1. The van der Waals surface area contributed by atoms with Crippen LogP contribution in [0.15, 0.2) is 16.9 Å². The Morgan fingerprint density at radius 3 is 2.78 bits per heavy atom. The fourth-order valence-corrected chi connectivity index (χ4v) is 2.30. The highest BCUT2D eigenvalue weighted by Gasteiger charge is 2.44. The van der Waals surface area contributed by atoms with Crippen molar-refractivity contribution in [3.8, 4) is 0 Å². The van der Waals surface area contributed by atoms with E-state index in [1.165, 1.54) is 13.2 Å². The van der Waals surface area contributed by atoms with Crippen molar-refractivity contribution < 1.29 is 19.7 Å². The van der Waals surface area contributed by atoms with E-state index >= 15 is 0 Å². The number of aliphatic hydroxyl groups is 2. The summed E-state index contributed by atoms with van der Waals surface area (Å²) in [6.07, 6.45) is -2.63. The molecule has 0 aliphatic carbocycles. The third kappa shape index (κ3) is 2.20. The molecule has 1 fully saturated rings. The molecule has 0 radical (unpaired) electrons. The van der Waals surface area contributed by atoms with Gasteiger partial charge in [-0.2, -0.15) is 0 Å². The van der Waals surface area contributed by atoms with Gasteiger partial charge in [0.15, 0.2) is 0 Å². The Kier molecular flexibility index (Phi) is 3.82. The highest BCUT2D eigenvalue weighted by Crippen LogP contribution is 2.35. The molecular weight excluding hydrogens is 238 g/mol. The molecule has 1 saturated heterocycles. The summed E-state index contributed by atoms with van der Waals surface area (Å²) in [6.45, 7) is 1.48. The number of hydrogen-bond donors (Lipinski definition) is 3. The number of H-pyrrole nitrogens is 1. The summed E-state index contributed by atoms with van der Waals surface area (Å²) in [5, 5.41) is 19.1. The summed E-state index contributed by atoms with van der Waals surface area (Å²) in [7, 11) is 1.48. The SMILES string of the molecule is COC1C(O)[C@@H](CO)O[C@H]1c1ccc(=O)[nH]c1C. The van der Waals surface area contributed by atoms with Crippen LogP contribution >= 0.6 is 0 Å². The lowest BCUT2D eigenvalue weighted by molar-refractivity contribution is -0.0237. The molecule has 1 aromatic rings. The van der Waals surface area contributed by atoms with Crippen molar-refractivity contribution >= 4 is 0 Å². The predicted octanol–water partition coefficient (Wildman–Crippen LogP) is -0.509. The summed E-state index contributed by atoms with van der Waals surface area (Å²) in [5.74, 6) is 0. The van der Waals surface area contributed by atoms with E-state index in [1.807, 2.05) is 0 Å². The fraction of sp³-hybridized carbons (Fsp3) is 0.583. The molecule has 6 heteroatoms. The van der Waals surface area contributed by atoms with E-state index in [0.717, 1.165) is 5.56 Å². The van der Waals surface area contributed by atoms with Gasteiger partial charge >= 0.3 is 0 Å².